The third-order valence-corrected chi connectivity index (χ3v) is 6.25. The van der Waals surface area contributed by atoms with Crippen molar-refractivity contribution in [2.75, 3.05) is 17.7 Å². The quantitative estimate of drug-likeness (QED) is 0.322. The molecule has 1 atom stereocenters. The fourth-order valence-electron chi connectivity index (χ4n) is 4.01. The van der Waals surface area contributed by atoms with Gasteiger partial charge in [0.15, 0.2) is 5.11 Å². The second-order valence-electron chi connectivity index (χ2n) is 8.62. The lowest BCUT2D eigenvalue weighted by Crippen LogP contribution is -2.46. The topological polar surface area (TPSA) is 82.7 Å². The number of hydrogen-bond acceptors (Lipinski definition) is 4. The SMILES string of the molecule is CC1=C(C(=O)OC(C)C)C(c2ccc(NC(=O)Nc3cccc4ccccc34)cc2)NC(=S)N1C. The fourth-order valence-corrected chi connectivity index (χ4v) is 4.26. The van der Waals surface area contributed by atoms with E-state index in [1.54, 1.807) is 17.0 Å². The number of rotatable bonds is 5. The molecule has 1 aliphatic rings. The zero-order chi connectivity index (χ0) is 25.1. The maximum Gasteiger partial charge on any atom is 0.338 e. The van der Waals surface area contributed by atoms with Gasteiger partial charge < -0.3 is 25.6 Å². The van der Waals surface area contributed by atoms with Gasteiger partial charge in [0.05, 0.1) is 23.4 Å². The summed E-state index contributed by atoms with van der Waals surface area (Å²) in [5.74, 6) is -0.388. The Kier molecular flexibility index (Phi) is 7.02. The first-order valence-electron chi connectivity index (χ1n) is 11.4. The number of hydrogen-bond donors (Lipinski definition) is 3. The number of anilines is 2. The van der Waals surface area contributed by atoms with E-state index in [2.05, 4.69) is 16.0 Å². The third-order valence-electron chi connectivity index (χ3n) is 5.86. The molecule has 3 aromatic rings. The van der Waals surface area contributed by atoms with Gasteiger partial charge in [0.25, 0.3) is 0 Å². The van der Waals surface area contributed by atoms with Crippen LogP contribution in [0.1, 0.15) is 32.4 Å². The van der Waals surface area contributed by atoms with E-state index in [9.17, 15) is 9.59 Å². The van der Waals surface area contributed by atoms with Gasteiger partial charge in [-0.3, -0.25) is 0 Å². The lowest BCUT2D eigenvalue weighted by molar-refractivity contribution is -0.143. The predicted molar refractivity (Wildman–Crippen MR) is 143 cm³/mol. The van der Waals surface area contributed by atoms with Gasteiger partial charge in [-0.15, -0.1) is 0 Å². The van der Waals surface area contributed by atoms with E-state index in [0.29, 0.717) is 16.4 Å². The van der Waals surface area contributed by atoms with Gasteiger partial charge in [-0.05, 0) is 62.1 Å². The van der Waals surface area contributed by atoms with Gasteiger partial charge in [-0.1, -0.05) is 48.5 Å². The van der Waals surface area contributed by atoms with Crippen molar-refractivity contribution in [1.82, 2.24) is 10.2 Å². The Balaban J connectivity index is 1.52. The molecular weight excluding hydrogens is 460 g/mol. The summed E-state index contributed by atoms with van der Waals surface area (Å²) >= 11 is 5.45. The molecular formula is C27H28N4O3S. The molecule has 0 aromatic heterocycles. The molecule has 0 fully saturated rings. The highest BCUT2D eigenvalue weighted by atomic mass is 32.1. The molecule has 0 bridgehead atoms. The number of allylic oxidation sites excluding steroid dienone is 1. The first-order valence-corrected chi connectivity index (χ1v) is 11.8. The van der Waals surface area contributed by atoms with Crippen molar-refractivity contribution >= 4 is 51.5 Å². The van der Waals surface area contributed by atoms with Crippen LogP contribution in [-0.2, 0) is 9.53 Å². The van der Waals surface area contributed by atoms with Crippen LogP contribution in [0.15, 0.2) is 78.0 Å². The predicted octanol–water partition coefficient (Wildman–Crippen LogP) is 5.57. The molecule has 3 aromatic carbocycles. The monoisotopic (exact) mass is 488 g/mol. The zero-order valence-corrected chi connectivity index (χ0v) is 20.9. The van der Waals surface area contributed by atoms with E-state index in [0.717, 1.165) is 27.7 Å². The van der Waals surface area contributed by atoms with Crippen LogP contribution in [0.25, 0.3) is 10.8 Å². The first kappa shape index (κ1) is 24.2. The molecule has 1 aliphatic heterocycles. The van der Waals surface area contributed by atoms with E-state index in [1.807, 2.05) is 82.4 Å². The number of ether oxygens (including phenoxy) is 1. The van der Waals surface area contributed by atoms with Crippen LogP contribution in [0.2, 0.25) is 0 Å². The summed E-state index contributed by atoms with van der Waals surface area (Å²) in [5.41, 5.74) is 3.42. The number of nitrogens with one attached hydrogen (secondary N) is 3. The normalized spacial score (nSPS) is 15.7. The summed E-state index contributed by atoms with van der Waals surface area (Å²) in [6.07, 6.45) is -0.241. The lowest BCUT2D eigenvalue weighted by atomic mass is 9.95. The number of carbonyl (C=O) groups is 2. The average molecular weight is 489 g/mol. The maximum absolute atomic E-state index is 12.9. The summed E-state index contributed by atoms with van der Waals surface area (Å²) in [6, 6.07) is 20.1. The van der Waals surface area contributed by atoms with E-state index in [-0.39, 0.29) is 18.1 Å². The molecule has 0 aliphatic carbocycles. The van der Waals surface area contributed by atoms with Crippen LogP contribution in [0, 0.1) is 0 Å². The second-order valence-corrected chi connectivity index (χ2v) is 9.01. The Morgan fingerprint density at radius 1 is 1.00 bits per heavy atom. The van der Waals surface area contributed by atoms with Gasteiger partial charge in [0, 0.05) is 23.8 Å². The van der Waals surface area contributed by atoms with Gasteiger partial charge in [0.1, 0.15) is 0 Å². The van der Waals surface area contributed by atoms with Gasteiger partial charge >= 0.3 is 12.0 Å². The summed E-state index contributed by atoms with van der Waals surface area (Å²) in [5, 5.41) is 11.5. The molecule has 0 saturated heterocycles. The Bertz CT molecular complexity index is 1310. The summed E-state index contributed by atoms with van der Waals surface area (Å²) in [6.45, 7) is 5.49. The summed E-state index contributed by atoms with van der Waals surface area (Å²) < 4.78 is 5.49. The number of carbonyl (C=O) groups excluding carboxylic acids is 2. The van der Waals surface area contributed by atoms with Crippen molar-refractivity contribution < 1.29 is 14.3 Å². The Morgan fingerprint density at radius 3 is 2.40 bits per heavy atom. The molecule has 0 saturated carbocycles. The molecule has 4 rings (SSSR count). The van der Waals surface area contributed by atoms with Crippen molar-refractivity contribution in [3.63, 3.8) is 0 Å². The van der Waals surface area contributed by atoms with Gasteiger partial charge in [0.2, 0.25) is 0 Å². The third kappa shape index (κ3) is 5.27. The molecule has 7 nitrogen and oxygen atoms in total. The minimum atomic E-state index is -0.455. The maximum atomic E-state index is 12.9. The highest BCUT2D eigenvalue weighted by Crippen LogP contribution is 2.32. The minimum absolute atomic E-state index is 0.241. The summed E-state index contributed by atoms with van der Waals surface area (Å²) in [7, 11) is 1.81. The second kappa shape index (κ2) is 10.1. The van der Waals surface area contributed by atoms with Crippen LogP contribution in [-0.4, -0.2) is 35.2 Å². The molecule has 2 amide bonds. The molecule has 35 heavy (non-hydrogen) atoms. The van der Waals surface area contributed by atoms with Crippen LogP contribution < -0.4 is 16.0 Å². The molecule has 3 N–H and O–H groups in total. The Labute approximate surface area is 210 Å². The zero-order valence-electron chi connectivity index (χ0n) is 20.1. The summed E-state index contributed by atoms with van der Waals surface area (Å²) in [4.78, 5) is 27.3. The van der Waals surface area contributed by atoms with Crippen molar-refractivity contribution in [3.8, 4) is 0 Å². The molecule has 0 spiro atoms. The van der Waals surface area contributed by atoms with Gasteiger partial charge in [-0.25, -0.2) is 9.59 Å². The van der Waals surface area contributed by atoms with Crippen LogP contribution in [0.4, 0.5) is 16.2 Å². The highest BCUT2D eigenvalue weighted by Gasteiger charge is 2.33. The van der Waals surface area contributed by atoms with Crippen LogP contribution in [0.3, 0.4) is 0 Å². The van der Waals surface area contributed by atoms with Crippen molar-refractivity contribution in [2.45, 2.75) is 32.9 Å². The number of thiocarbonyl (C=S) groups is 1. The fraction of sp³-hybridized carbons (Fsp3) is 0.222. The van der Waals surface area contributed by atoms with E-state index < -0.39 is 6.04 Å². The smallest absolute Gasteiger partial charge is 0.338 e. The molecule has 0 radical (unpaired) electrons. The Hall–Kier alpha value is -3.91. The number of benzene rings is 3. The number of nitrogens with zero attached hydrogens (tertiary/aromatic N) is 1. The lowest BCUT2D eigenvalue weighted by Gasteiger charge is -2.35. The highest BCUT2D eigenvalue weighted by molar-refractivity contribution is 7.80. The molecule has 1 heterocycles. The molecule has 180 valence electrons. The molecule has 8 heteroatoms. The number of urea groups is 1. The Morgan fingerprint density at radius 2 is 1.69 bits per heavy atom. The minimum Gasteiger partial charge on any atom is -0.459 e. The largest absolute Gasteiger partial charge is 0.459 e. The standard InChI is InChI=1S/C27H28N4O3S/c1-16(2)34-25(32)23-17(3)31(4)27(35)30-24(23)19-12-14-20(15-13-19)28-26(33)29-22-11-7-9-18-8-5-6-10-21(18)22/h5-16,24H,1-4H3,(H,30,35)(H2,28,29,33). The number of amides is 2. The van der Waals surface area contributed by atoms with Crippen molar-refractivity contribution in [1.29, 1.82) is 0 Å². The van der Waals surface area contributed by atoms with E-state index >= 15 is 0 Å². The van der Waals surface area contributed by atoms with Crippen LogP contribution in [0.5, 0.6) is 0 Å². The average Bonchev–Trinajstić information content (AvgIpc) is 2.82. The van der Waals surface area contributed by atoms with Crippen molar-refractivity contribution in [2.24, 2.45) is 0 Å². The van der Waals surface area contributed by atoms with E-state index in [1.165, 1.54) is 0 Å². The first-order chi connectivity index (χ1) is 16.7. The number of esters is 1. The number of fused-ring (bicyclic) bond motifs is 1. The van der Waals surface area contributed by atoms with E-state index in [4.69, 9.17) is 17.0 Å². The molecule has 1 unspecified atom stereocenters. The van der Waals surface area contributed by atoms with Crippen LogP contribution >= 0.6 is 12.2 Å². The van der Waals surface area contributed by atoms with Gasteiger partial charge in [-0.2, -0.15) is 0 Å². The van der Waals surface area contributed by atoms with Crippen molar-refractivity contribution in [3.05, 3.63) is 83.6 Å².